The highest BCUT2D eigenvalue weighted by Gasteiger charge is 2.17. The highest BCUT2D eigenvalue weighted by molar-refractivity contribution is 8.01. The molecular formula is C17H22N4O4S. The van der Waals surface area contributed by atoms with Crippen molar-refractivity contribution in [2.75, 3.05) is 11.1 Å². The fraction of sp³-hybridized carbons (Fsp3) is 0.412. The number of nitrogens with zero attached hydrogens (tertiary/aromatic N) is 1. The molecule has 2 rings (SSSR count). The van der Waals surface area contributed by atoms with Gasteiger partial charge in [-0.1, -0.05) is 5.16 Å². The first-order chi connectivity index (χ1) is 12.3. The minimum absolute atomic E-state index is 0.106. The maximum Gasteiger partial charge on any atom is 0.253 e. The molecule has 0 aliphatic heterocycles. The third kappa shape index (κ3) is 5.48. The molecule has 0 aliphatic carbocycles. The number of rotatable bonds is 7. The van der Waals surface area contributed by atoms with E-state index in [1.807, 2.05) is 13.0 Å². The Morgan fingerprint density at radius 1 is 1.31 bits per heavy atom. The average Bonchev–Trinajstić information content (AvgIpc) is 2.96. The molecular weight excluding hydrogens is 356 g/mol. The predicted molar refractivity (Wildman–Crippen MR) is 100 cm³/mol. The van der Waals surface area contributed by atoms with Gasteiger partial charge in [0.1, 0.15) is 5.76 Å². The normalized spacial score (nSPS) is 11.8. The van der Waals surface area contributed by atoms with Crippen LogP contribution in [0, 0.1) is 20.8 Å². The molecule has 2 aromatic rings. The number of nitrogens with one attached hydrogen (secondary N) is 3. The Labute approximate surface area is 155 Å². The van der Waals surface area contributed by atoms with Gasteiger partial charge in [-0.05, 0) is 39.3 Å². The Balaban J connectivity index is 1.79. The molecule has 26 heavy (non-hydrogen) atoms. The summed E-state index contributed by atoms with van der Waals surface area (Å²) in [6.07, 6.45) is 0. The first-order valence-corrected chi connectivity index (χ1v) is 9.13. The molecule has 2 amide bonds. The monoisotopic (exact) mass is 378 g/mol. The molecule has 0 spiro atoms. The lowest BCUT2D eigenvalue weighted by molar-refractivity contribution is -0.118. The SMILES string of the molecule is Cc1cc(C)c(CNC(=O)CS[C@@H](C)C(=O)Nc2cc(C)on2)c(=O)[nH]1. The number of pyridine rings is 1. The molecule has 2 heterocycles. The van der Waals surface area contributed by atoms with Crippen LogP contribution in [0.4, 0.5) is 5.82 Å². The van der Waals surface area contributed by atoms with Gasteiger partial charge in [-0.25, -0.2) is 0 Å². The van der Waals surface area contributed by atoms with Crippen molar-refractivity contribution in [2.45, 2.75) is 39.5 Å². The van der Waals surface area contributed by atoms with E-state index < -0.39 is 5.25 Å². The second-order valence-corrected chi connectivity index (χ2v) is 7.31. The first kappa shape index (κ1) is 19.8. The third-order valence-electron chi connectivity index (χ3n) is 3.67. The summed E-state index contributed by atoms with van der Waals surface area (Å²) in [5.74, 6) is 0.544. The molecule has 9 heteroatoms. The van der Waals surface area contributed by atoms with E-state index in [1.54, 1.807) is 26.8 Å². The quantitative estimate of drug-likeness (QED) is 0.675. The third-order valence-corrected chi connectivity index (χ3v) is 4.81. The van der Waals surface area contributed by atoms with Crippen LogP contribution in [-0.4, -0.2) is 33.0 Å². The van der Waals surface area contributed by atoms with Gasteiger partial charge in [-0.15, -0.1) is 11.8 Å². The summed E-state index contributed by atoms with van der Waals surface area (Å²) in [7, 11) is 0. The number of carbonyl (C=O) groups is 2. The summed E-state index contributed by atoms with van der Waals surface area (Å²) >= 11 is 1.20. The van der Waals surface area contributed by atoms with Crippen LogP contribution in [0.2, 0.25) is 0 Å². The molecule has 0 fully saturated rings. The van der Waals surface area contributed by atoms with Gasteiger partial charge >= 0.3 is 0 Å². The van der Waals surface area contributed by atoms with Gasteiger partial charge in [0.2, 0.25) is 11.8 Å². The van der Waals surface area contributed by atoms with E-state index in [9.17, 15) is 14.4 Å². The molecule has 0 bridgehead atoms. The minimum Gasteiger partial charge on any atom is -0.360 e. The number of aromatic nitrogens is 2. The van der Waals surface area contributed by atoms with Crippen LogP contribution in [0.3, 0.4) is 0 Å². The van der Waals surface area contributed by atoms with E-state index in [4.69, 9.17) is 4.52 Å². The van der Waals surface area contributed by atoms with E-state index in [-0.39, 0.29) is 29.7 Å². The largest absolute Gasteiger partial charge is 0.360 e. The molecule has 1 atom stereocenters. The van der Waals surface area contributed by atoms with Crippen molar-refractivity contribution in [3.8, 4) is 0 Å². The molecule has 3 N–H and O–H groups in total. The minimum atomic E-state index is -0.442. The summed E-state index contributed by atoms with van der Waals surface area (Å²) in [5.41, 5.74) is 1.93. The summed E-state index contributed by atoms with van der Waals surface area (Å²) in [6, 6.07) is 3.47. The molecule has 0 saturated heterocycles. The van der Waals surface area contributed by atoms with E-state index in [1.165, 1.54) is 11.8 Å². The molecule has 8 nitrogen and oxygen atoms in total. The van der Waals surface area contributed by atoms with Crippen LogP contribution >= 0.6 is 11.8 Å². The molecule has 0 aromatic carbocycles. The van der Waals surface area contributed by atoms with Gasteiger partial charge in [0.15, 0.2) is 5.82 Å². The van der Waals surface area contributed by atoms with Crippen molar-refractivity contribution in [1.82, 2.24) is 15.5 Å². The van der Waals surface area contributed by atoms with E-state index >= 15 is 0 Å². The first-order valence-electron chi connectivity index (χ1n) is 8.08. The standard InChI is InChI=1S/C17H22N4O4S/c1-9-5-10(2)19-17(24)13(9)7-18-15(22)8-26-12(4)16(23)20-14-6-11(3)25-21-14/h5-6,12H,7-8H2,1-4H3,(H,18,22)(H,19,24)(H,20,21,23)/t12-/m0/s1. The number of aromatic amines is 1. The smallest absolute Gasteiger partial charge is 0.253 e. The summed E-state index contributed by atoms with van der Waals surface area (Å²) < 4.78 is 4.88. The van der Waals surface area contributed by atoms with Crippen LogP contribution in [0.25, 0.3) is 0 Å². The average molecular weight is 378 g/mol. The maximum atomic E-state index is 12.0. The zero-order valence-electron chi connectivity index (χ0n) is 15.1. The van der Waals surface area contributed by atoms with Gasteiger partial charge in [-0.2, -0.15) is 0 Å². The maximum absolute atomic E-state index is 12.0. The van der Waals surface area contributed by atoms with E-state index in [0.29, 0.717) is 17.1 Å². The Morgan fingerprint density at radius 2 is 2.04 bits per heavy atom. The van der Waals surface area contributed by atoms with E-state index in [2.05, 4.69) is 20.8 Å². The number of carbonyl (C=O) groups excluding carboxylic acids is 2. The zero-order chi connectivity index (χ0) is 19.3. The highest BCUT2D eigenvalue weighted by Crippen LogP contribution is 2.14. The van der Waals surface area contributed by atoms with E-state index in [0.717, 1.165) is 11.3 Å². The number of hydrogen-bond donors (Lipinski definition) is 3. The lowest BCUT2D eigenvalue weighted by atomic mass is 10.1. The molecule has 0 unspecified atom stereocenters. The second kappa shape index (κ2) is 8.70. The molecule has 0 saturated carbocycles. The van der Waals surface area contributed by atoms with Crippen molar-refractivity contribution in [1.29, 1.82) is 0 Å². The number of amides is 2. The van der Waals surface area contributed by atoms with Crippen molar-refractivity contribution in [3.63, 3.8) is 0 Å². The molecule has 140 valence electrons. The van der Waals surface area contributed by atoms with Gasteiger partial charge in [0.05, 0.1) is 11.0 Å². The van der Waals surface area contributed by atoms with Crippen molar-refractivity contribution in [3.05, 3.63) is 45.1 Å². The molecule has 0 aliphatic rings. The lowest BCUT2D eigenvalue weighted by Crippen LogP contribution is -2.30. The number of thioether (sulfide) groups is 1. The summed E-state index contributed by atoms with van der Waals surface area (Å²) in [4.78, 5) is 38.7. The highest BCUT2D eigenvalue weighted by atomic mass is 32.2. The Kier molecular flexibility index (Phi) is 6.62. The fourth-order valence-electron chi connectivity index (χ4n) is 2.27. The number of hydrogen-bond acceptors (Lipinski definition) is 6. The van der Waals surface area contributed by atoms with Gasteiger partial charge in [-0.3, -0.25) is 14.4 Å². The van der Waals surface area contributed by atoms with Gasteiger partial charge < -0.3 is 20.1 Å². The second-order valence-electron chi connectivity index (χ2n) is 5.99. The Bertz CT molecular complexity index is 859. The fourth-order valence-corrected chi connectivity index (χ4v) is 2.98. The molecule has 2 aromatic heterocycles. The number of aryl methyl sites for hydroxylation is 3. The van der Waals surface area contributed by atoms with Crippen molar-refractivity contribution in [2.24, 2.45) is 0 Å². The van der Waals surface area contributed by atoms with Gasteiger partial charge in [0.25, 0.3) is 5.56 Å². The zero-order valence-corrected chi connectivity index (χ0v) is 16.0. The van der Waals surface area contributed by atoms with Crippen LogP contribution < -0.4 is 16.2 Å². The predicted octanol–water partition coefficient (Wildman–Crippen LogP) is 1.66. The Morgan fingerprint density at radius 3 is 2.65 bits per heavy atom. The van der Waals surface area contributed by atoms with Crippen LogP contribution in [0.1, 0.15) is 29.5 Å². The van der Waals surface area contributed by atoms with Crippen LogP contribution in [0.5, 0.6) is 0 Å². The summed E-state index contributed by atoms with van der Waals surface area (Å²) in [5, 5.41) is 8.58. The number of anilines is 1. The van der Waals surface area contributed by atoms with Crippen LogP contribution in [0.15, 0.2) is 21.5 Å². The number of H-pyrrole nitrogens is 1. The van der Waals surface area contributed by atoms with Crippen LogP contribution in [-0.2, 0) is 16.1 Å². The lowest BCUT2D eigenvalue weighted by Gasteiger charge is -2.11. The van der Waals surface area contributed by atoms with Crippen molar-refractivity contribution >= 4 is 29.4 Å². The van der Waals surface area contributed by atoms with Gasteiger partial charge in [0, 0.05) is 23.9 Å². The molecule has 0 radical (unpaired) electrons. The Hall–Kier alpha value is -2.55. The van der Waals surface area contributed by atoms with Crippen molar-refractivity contribution < 1.29 is 14.1 Å². The topological polar surface area (TPSA) is 117 Å². The summed E-state index contributed by atoms with van der Waals surface area (Å²) in [6.45, 7) is 7.22.